The van der Waals surface area contributed by atoms with Crippen molar-refractivity contribution in [2.45, 2.75) is 44.2 Å². The molecule has 0 heterocycles. The van der Waals surface area contributed by atoms with Crippen LogP contribution in [0.25, 0.3) is 0 Å². The van der Waals surface area contributed by atoms with Gasteiger partial charge in [0.05, 0.1) is 6.61 Å². The van der Waals surface area contributed by atoms with Crippen LogP contribution in [0.3, 0.4) is 0 Å². The third-order valence-electron chi connectivity index (χ3n) is 3.79. The van der Waals surface area contributed by atoms with Crippen LogP contribution >= 0.6 is 0 Å². The van der Waals surface area contributed by atoms with Crippen molar-refractivity contribution in [1.82, 2.24) is 5.32 Å². The molecule has 1 fully saturated rings. The lowest BCUT2D eigenvalue weighted by atomic mass is 9.75. The number of nitrogens with one attached hydrogen (secondary N) is 1. The molecule has 1 aromatic carbocycles. The number of ether oxygens (including phenoxy) is 1. The number of hydrogen-bond acceptors (Lipinski definition) is 2. The smallest absolute Gasteiger partial charge is 0.123 e. The third-order valence-corrected chi connectivity index (χ3v) is 3.79. The second kappa shape index (κ2) is 6.30. The summed E-state index contributed by atoms with van der Waals surface area (Å²) in [6, 6.07) is 7.98. The van der Waals surface area contributed by atoms with Crippen molar-refractivity contribution in [2.75, 3.05) is 13.7 Å². The lowest BCUT2D eigenvalue weighted by molar-refractivity contribution is 0.144. The quantitative estimate of drug-likeness (QED) is 0.839. The van der Waals surface area contributed by atoms with E-state index in [0.717, 1.165) is 31.4 Å². The number of methoxy groups -OCH3 is 1. The summed E-state index contributed by atoms with van der Waals surface area (Å²) in [5.74, 6) is 0.382. The van der Waals surface area contributed by atoms with E-state index in [9.17, 15) is 4.39 Å². The Morgan fingerprint density at radius 3 is 2.83 bits per heavy atom. The number of benzene rings is 1. The van der Waals surface area contributed by atoms with Crippen LogP contribution in [-0.2, 0) is 4.74 Å². The maximum Gasteiger partial charge on any atom is 0.123 e. The van der Waals surface area contributed by atoms with E-state index < -0.39 is 0 Å². The molecule has 0 radical (unpaired) electrons. The van der Waals surface area contributed by atoms with Gasteiger partial charge in [-0.15, -0.1) is 0 Å². The standard InChI is InChI=1S/C15H22FNO/c1-3-14(10-18-2)17-15-8-12(9-15)11-5-4-6-13(16)7-11/h4-7,12,14-15,17H,3,8-10H2,1-2H3. The van der Waals surface area contributed by atoms with Crippen molar-refractivity contribution < 1.29 is 9.13 Å². The molecule has 0 amide bonds. The summed E-state index contributed by atoms with van der Waals surface area (Å²) < 4.78 is 18.3. The molecule has 3 heteroatoms. The van der Waals surface area contributed by atoms with Crippen molar-refractivity contribution in [3.8, 4) is 0 Å². The molecule has 1 unspecified atom stereocenters. The van der Waals surface area contributed by atoms with E-state index in [0.29, 0.717) is 18.0 Å². The van der Waals surface area contributed by atoms with Crippen LogP contribution in [0, 0.1) is 5.82 Å². The van der Waals surface area contributed by atoms with Gasteiger partial charge in [0.2, 0.25) is 0 Å². The monoisotopic (exact) mass is 251 g/mol. The first-order chi connectivity index (χ1) is 8.72. The molecule has 0 aliphatic heterocycles. The molecule has 100 valence electrons. The fraction of sp³-hybridized carbons (Fsp3) is 0.600. The Morgan fingerprint density at radius 2 is 2.22 bits per heavy atom. The molecule has 1 saturated carbocycles. The van der Waals surface area contributed by atoms with Crippen LogP contribution in [0.5, 0.6) is 0 Å². The molecular formula is C15H22FNO. The highest BCUT2D eigenvalue weighted by atomic mass is 19.1. The maximum atomic E-state index is 13.1. The Labute approximate surface area is 109 Å². The van der Waals surface area contributed by atoms with Crippen LogP contribution in [0.15, 0.2) is 24.3 Å². The van der Waals surface area contributed by atoms with E-state index >= 15 is 0 Å². The summed E-state index contributed by atoms with van der Waals surface area (Å²) in [7, 11) is 1.74. The van der Waals surface area contributed by atoms with Gasteiger partial charge in [0.25, 0.3) is 0 Å². The summed E-state index contributed by atoms with van der Waals surface area (Å²) in [5, 5.41) is 3.60. The first kappa shape index (κ1) is 13.5. The summed E-state index contributed by atoms with van der Waals surface area (Å²) in [6.45, 7) is 2.93. The van der Waals surface area contributed by atoms with E-state index in [1.165, 1.54) is 6.07 Å². The minimum atomic E-state index is -0.130. The largest absolute Gasteiger partial charge is 0.383 e. The van der Waals surface area contributed by atoms with Crippen LogP contribution in [0.4, 0.5) is 4.39 Å². The predicted octanol–water partition coefficient (Wildman–Crippen LogP) is 3.09. The topological polar surface area (TPSA) is 21.3 Å². The Bertz CT molecular complexity index is 377. The Morgan fingerprint density at radius 1 is 1.44 bits per heavy atom. The van der Waals surface area contributed by atoms with Gasteiger partial charge in [-0.25, -0.2) is 4.39 Å². The highest BCUT2D eigenvalue weighted by Gasteiger charge is 2.31. The maximum absolute atomic E-state index is 13.1. The molecule has 1 atom stereocenters. The zero-order chi connectivity index (χ0) is 13.0. The first-order valence-corrected chi connectivity index (χ1v) is 6.73. The van der Waals surface area contributed by atoms with Gasteiger partial charge >= 0.3 is 0 Å². The Balaban J connectivity index is 1.80. The number of halogens is 1. The molecule has 0 saturated heterocycles. The molecule has 1 aromatic rings. The van der Waals surface area contributed by atoms with Crippen molar-refractivity contribution in [2.24, 2.45) is 0 Å². The second-order valence-electron chi connectivity index (χ2n) is 5.15. The molecule has 1 N–H and O–H groups in total. The second-order valence-corrected chi connectivity index (χ2v) is 5.15. The zero-order valence-corrected chi connectivity index (χ0v) is 11.2. The summed E-state index contributed by atoms with van der Waals surface area (Å²) in [4.78, 5) is 0. The highest BCUT2D eigenvalue weighted by Crippen LogP contribution is 2.37. The average molecular weight is 251 g/mol. The number of rotatable bonds is 6. The first-order valence-electron chi connectivity index (χ1n) is 6.73. The molecule has 1 aliphatic rings. The SMILES string of the molecule is CCC(COC)NC1CC(c2cccc(F)c2)C1. The van der Waals surface area contributed by atoms with Gasteiger partial charge in [0, 0.05) is 19.2 Å². The van der Waals surface area contributed by atoms with Gasteiger partial charge in [0.1, 0.15) is 5.82 Å². The summed E-state index contributed by atoms with van der Waals surface area (Å²) in [6.07, 6.45) is 3.28. The van der Waals surface area contributed by atoms with E-state index in [1.807, 2.05) is 6.07 Å². The van der Waals surface area contributed by atoms with Crippen LogP contribution in [0.2, 0.25) is 0 Å². The van der Waals surface area contributed by atoms with Gasteiger partial charge in [-0.3, -0.25) is 0 Å². The molecule has 2 nitrogen and oxygen atoms in total. The van der Waals surface area contributed by atoms with Gasteiger partial charge < -0.3 is 10.1 Å². The molecule has 18 heavy (non-hydrogen) atoms. The summed E-state index contributed by atoms with van der Waals surface area (Å²) in [5.41, 5.74) is 1.13. The van der Waals surface area contributed by atoms with E-state index in [1.54, 1.807) is 19.2 Å². The minimum absolute atomic E-state index is 0.130. The normalized spacial score (nSPS) is 24.6. The fourth-order valence-corrected chi connectivity index (χ4v) is 2.60. The lowest BCUT2D eigenvalue weighted by Gasteiger charge is -2.38. The Hall–Kier alpha value is -0.930. The third kappa shape index (κ3) is 3.30. The molecule has 2 rings (SSSR count). The minimum Gasteiger partial charge on any atom is -0.383 e. The molecule has 1 aliphatic carbocycles. The van der Waals surface area contributed by atoms with E-state index in [4.69, 9.17) is 4.74 Å². The van der Waals surface area contributed by atoms with Gasteiger partial charge in [-0.05, 0) is 42.9 Å². The van der Waals surface area contributed by atoms with Crippen LogP contribution in [-0.4, -0.2) is 25.8 Å². The van der Waals surface area contributed by atoms with Gasteiger partial charge in [-0.1, -0.05) is 19.1 Å². The van der Waals surface area contributed by atoms with Crippen molar-refractivity contribution >= 4 is 0 Å². The Kier molecular flexibility index (Phi) is 4.72. The molecular weight excluding hydrogens is 229 g/mol. The van der Waals surface area contributed by atoms with Crippen molar-refractivity contribution in [1.29, 1.82) is 0 Å². The molecule has 0 spiro atoms. The fourth-order valence-electron chi connectivity index (χ4n) is 2.60. The van der Waals surface area contributed by atoms with Gasteiger partial charge in [0.15, 0.2) is 0 Å². The average Bonchev–Trinajstić information content (AvgIpc) is 2.31. The molecule has 0 bridgehead atoms. The zero-order valence-electron chi connectivity index (χ0n) is 11.2. The summed E-state index contributed by atoms with van der Waals surface area (Å²) >= 11 is 0. The van der Waals surface area contributed by atoms with Crippen molar-refractivity contribution in [3.63, 3.8) is 0 Å². The predicted molar refractivity (Wildman–Crippen MR) is 71.3 cm³/mol. The lowest BCUT2D eigenvalue weighted by Crippen LogP contribution is -2.47. The van der Waals surface area contributed by atoms with Crippen LogP contribution in [0.1, 0.15) is 37.7 Å². The number of hydrogen-bond donors (Lipinski definition) is 1. The van der Waals surface area contributed by atoms with Crippen molar-refractivity contribution in [3.05, 3.63) is 35.6 Å². The van der Waals surface area contributed by atoms with Gasteiger partial charge in [-0.2, -0.15) is 0 Å². The van der Waals surface area contributed by atoms with E-state index in [2.05, 4.69) is 12.2 Å². The van der Waals surface area contributed by atoms with Crippen LogP contribution < -0.4 is 5.32 Å². The van der Waals surface area contributed by atoms with E-state index in [-0.39, 0.29) is 5.82 Å². The highest BCUT2D eigenvalue weighted by molar-refractivity contribution is 5.23. The molecule has 0 aromatic heterocycles.